The lowest BCUT2D eigenvalue weighted by Crippen LogP contribution is -2.03. The van der Waals surface area contributed by atoms with Crippen molar-refractivity contribution < 1.29 is 14.3 Å². The Morgan fingerprint density at radius 1 is 1.19 bits per heavy atom. The van der Waals surface area contributed by atoms with Crippen LogP contribution < -0.4 is 4.74 Å². The number of rotatable bonds is 4. The lowest BCUT2D eigenvalue weighted by molar-refractivity contribution is 0.0526. The van der Waals surface area contributed by atoms with Gasteiger partial charge < -0.3 is 9.47 Å². The van der Waals surface area contributed by atoms with Gasteiger partial charge in [-0.3, -0.25) is 0 Å². The first-order valence-corrected chi connectivity index (χ1v) is 6.66. The highest BCUT2D eigenvalue weighted by molar-refractivity contribution is 6.31. The standard InChI is InChI=1S/C16H12ClNO3/c1-2-20-16(19)11-3-6-13(7-4-11)21-14-8-5-12(10-18)15(17)9-14/h3-9H,2H2,1H3. The minimum Gasteiger partial charge on any atom is -0.462 e. The molecule has 0 aromatic heterocycles. The Kier molecular flexibility index (Phi) is 4.81. The normalized spacial score (nSPS) is 9.76. The van der Waals surface area contributed by atoms with E-state index in [0.717, 1.165) is 0 Å². The van der Waals surface area contributed by atoms with Gasteiger partial charge in [0, 0.05) is 6.07 Å². The number of halogens is 1. The van der Waals surface area contributed by atoms with Gasteiger partial charge in [0.05, 0.1) is 22.8 Å². The zero-order valence-corrected chi connectivity index (χ0v) is 12.1. The number of benzene rings is 2. The van der Waals surface area contributed by atoms with Crippen molar-refractivity contribution in [3.05, 3.63) is 58.6 Å². The molecule has 0 aliphatic rings. The van der Waals surface area contributed by atoms with Gasteiger partial charge in [-0.05, 0) is 43.3 Å². The van der Waals surface area contributed by atoms with Crippen molar-refractivity contribution in [2.75, 3.05) is 6.61 Å². The van der Waals surface area contributed by atoms with E-state index >= 15 is 0 Å². The largest absolute Gasteiger partial charge is 0.462 e. The summed E-state index contributed by atoms with van der Waals surface area (Å²) in [5.41, 5.74) is 0.851. The lowest BCUT2D eigenvalue weighted by Gasteiger charge is -2.07. The molecule has 0 aliphatic carbocycles. The van der Waals surface area contributed by atoms with Crippen molar-refractivity contribution in [3.63, 3.8) is 0 Å². The monoisotopic (exact) mass is 301 g/mol. The molecule has 0 heterocycles. The third kappa shape index (κ3) is 3.74. The lowest BCUT2D eigenvalue weighted by atomic mass is 10.2. The summed E-state index contributed by atoms with van der Waals surface area (Å²) in [5.74, 6) is 0.706. The summed E-state index contributed by atoms with van der Waals surface area (Å²) in [6, 6.07) is 13.4. The van der Waals surface area contributed by atoms with E-state index in [0.29, 0.717) is 34.3 Å². The van der Waals surface area contributed by atoms with Crippen LogP contribution in [0.3, 0.4) is 0 Å². The van der Waals surface area contributed by atoms with E-state index in [1.807, 2.05) is 6.07 Å². The van der Waals surface area contributed by atoms with E-state index in [-0.39, 0.29) is 5.97 Å². The van der Waals surface area contributed by atoms with Gasteiger partial charge in [-0.25, -0.2) is 4.79 Å². The van der Waals surface area contributed by atoms with Gasteiger partial charge in [0.15, 0.2) is 0 Å². The number of carbonyl (C=O) groups excluding carboxylic acids is 1. The second-order valence-electron chi connectivity index (χ2n) is 4.10. The maximum absolute atomic E-state index is 11.5. The van der Waals surface area contributed by atoms with Crippen LogP contribution in [-0.4, -0.2) is 12.6 Å². The van der Waals surface area contributed by atoms with Crippen LogP contribution >= 0.6 is 11.6 Å². The van der Waals surface area contributed by atoms with E-state index < -0.39 is 0 Å². The molecule has 0 bridgehead atoms. The van der Waals surface area contributed by atoms with Gasteiger partial charge in [0.1, 0.15) is 17.6 Å². The quantitative estimate of drug-likeness (QED) is 0.795. The summed E-state index contributed by atoms with van der Waals surface area (Å²) < 4.78 is 10.5. The van der Waals surface area contributed by atoms with E-state index in [1.165, 1.54) is 0 Å². The Hall–Kier alpha value is -2.51. The SMILES string of the molecule is CCOC(=O)c1ccc(Oc2ccc(C#N)c(Cl)c2)cc1. The Morgan fingerprint density at radius 2 is 1.86 bits per heavy atom. The van der Waals surface area contributed by atoms with Crippen LogP contribution in [0.2, 0.25) is 5.02 Å². The number of ether oxygens (including phenoxy) is 2. The van der Waals surface area contributed by atoms with Gasteiger partial charge in [0.25, 0.3) is 0 Å². The minimum atomic E-state index is -0.370. The first-order chi connectivity index (χ1) is 10.1. The number of esters is 1. The number of hydrogen-bond acceptors (Lipinski definition) is 4. The Bertz CT molecular complexity index is 690. The highest BCUT2D eigenvalue weighted by Gasteiger charge is 2.07. The number of carbonyl (C=O) groups is 1. The molecule has 2 aromatic rings. The average molecular weight is 302 g/mol. The first-order valence-electron chi connectivity index (χ1n) is 6.28. The maximum Gasteiger partial charge on any atom is 0.338 e. The Labute approximate surface area is 127 Å². The molecule has 0 spiro atoms. The van der Waals surface area contributed by atoms with Gasteiger partial charge in [-0.2, -0.15) is 5.26 Å². The van der Waals surface area contributed by atoms with Gasteiger partial charge in [0.2, 0.25) is 0 Å². The summed E-state index contributed by atoms with van der Waals surface area (Å²) >= 11 is 5.93. The zero-order valence-electron chi connectivity index (χ0n) is 11.3. The number of hydrogen-bond donors (Lipinski definition) is 0. The fourth-order valence-corrected chi connectivity index (χ4v) is 1.87. The third-order valence-corrected chi connectivity index (χ3v) is 2.97. The maximum atomic E-state index is 11.5. The number of nitriles is 1. The van der Waals surface area contributed by atoms with Crippen LogP contribution in [-0.2, 0) is 4.74 Å². The highest BCUT2D eigenvalue weighted by Crippen LogP contribution is 2.26. The predicted octanol–water partition coefficient (Wildman–Crippen LogP) is 4.18. The summed E-state index contributed by atoms with van der Waals surface area (Å²) in [4.78, 5) is 11.5. The molecule has 2 rings (SSSR count). The van der Waals surface area contributed by atoms with Crippen molar-refractivity contribution in [2.24, 2.45) is 0 Å². The zero-order chi connectivity index (χ0) is 15.2. The van der Waals surface area contributed by atoms with Crippen LogP contribution in [0.4, 0.5) is 0 Å². The third-order valence-electron chi connectivity index (χ3n) is 2.66. The molecular weight excluding hydrogens is 290 g/mol. The molecule has 5 heteroatoms. The average Bonchev–Trinajstić information content (AvgIpc) is 2.48. The molecule has 21 heavy (non-hydrogen) atoms. The summed E-state index contributed by atoms with van der Waals surface area (Å²) in [7, 11) is 0. The molecule has 0 N–H and O–H groups in total. The molecule has 106 valence electrons. The smallest absolute Gasteiger partial charge is 0.338 e. The van der Waals surface area contributed by atoms with Gasteiger partial charge >= 0.3 is 5.97 Å². The van der Waals surface area contributed by atoms with Crippen LogP contribution in [0.15, 0.2) is 42.5 Å². The second-order valence-corrected chi connectivity index (χ2v) is 4.51. The fraction of sp³-hybridized carbons (Fsp3) is 0.125. The highest BCUT2D eigenvalue weighted by atomic mass is 35.5. The topological polar surface area (TPSA) is 59.3 Å². The number of nitrogens with zero attached hydrogens (tertiary/aromatic N) is 1. The van der Waals surface area contributed by atoms with E-state index in [9.17, 15) is 4.79 Å². The molecule has 0 radical (unpaired) electrons. The van der Waals surface area contributed by atoms with E-state index in [1.54, 1.807) is 49.4 Å². The Balaban J connectivity index is 2.12. The van der Waals surface area contributed by atoms with Crippen LogP contribution in [0, 0.1) is 11.3 Å². The van der Waals surface area contributed by atoms with Crippen molar-refractivity contribution in [1.82, 2.24) is 0 Å². The molecule has 0 saturated carbocycles. The van der Waals surface area contributed by atoms with Gasteiger partial charge in [-0.1, -0.05) is 11.6 Å². The molecule has 0 saturated heterocycles. The molecule has 0 fully saturated rings. The minimum absolute atomic E-state index is 0.332. The molecule has 0 aliphatic heterocycles. The van der Waals surface area contributed by atoms with Crippen LogP contribution in [0.1, 0.15) is 22.8 Å². The van der Waals surface area contributed by atoms with Gasteiger partial charge in [-0.15, -0.1) is 0 Å². The summed E-state index contributed by atoms with van der Waals surface area (Å²) in [5, 5.41) is 9.14. The molecular formula is C16H12ClNO3. The van der Waals surface area contributed by atoms with Crippen molar-refractivity contribution in [1.29, 1.82) is 5.26 Å². The van der Waals surface area contributed by atoms with Crippen molar-refractivity contribution in [2.45, 2.75) is 6.92 Å². The second kappa shape index (κ2) is 6.78. The predicted molar refractivity (Wildman–Crippen MR) is 78.6 cm³/mol. The van der Waals surface area contributed by atoms with Crippen molar-refractivity contribution in [3.8, 4) is 17.6 Å². The Morgan fingerprint density at radius 3 is 2.43 bits per heavy atom. The fourth-order valence-electron chi connectivity index (χ4n) is 1.66. The van der Waals surface area contributed by atoms with E-state index in [4.69, 9.17) is 26.3 Å². The van der Waals surface area contributed by atoms with Crippen LogP contribution in [0.5, 0.6) is 11.5 Å². The summed E-state index contributed by atoms with van der Waals surface area (Å²) in [6.07, 6.45) is 0. The molecule has 0 atom stereocenters. The van der Waals surface area contributed by atoms with Crippen LogP contribution in [0.25, 0.3) is 0 Å². The molecule has 2 aromatic carbocycles. The van der Waals surface area contributed by atoms with Crippen molar-refractivity contribution >= 4 is 17.6 Å². The summed E-state index contributed by atoms with van der Waals surface area (Å²) in [6.45, 7) is 2.09. The molecule has 4 nitrogen and oxygen atoms in total. The van der Waals surface area contributed by atoms with E-state index in [2.05, 4.69) is 0 Å². The molecule has 0 amide bonds. The molecule has 0 unspecified atom stereocenters. The first kappa shape index (κ1) is 14.9.